The van der Waals surface area contributed by atoms with Crippen molar-refractivity contribution in [1.29, 1.82) is 0 Å². The number of carbonyl (C=O) groups is 3. The fourth-order valence-corrected chi connectivity index (χ4v) is 4.91. The zero-order valence-electron chi connectivity index (χ0n) is 20.2. The lowest BCUT2D eigenvalue weighted by molar-refractivity contribution is -0.384. The number of aliphatic hydroxyl groups excluding tert-OH is 1. The van der Waals surface area contributed by atoms with E-state index >= 15 is 0 Å². The molecule has 0 spiro atoms. The molecule has 194 valence electrons. The molecule has 1 aromatic heterocycles. The van der Waals surface area contributed by atoms with Crippen molar-refractivity contribution in [3.05, 3.63) is 98.6 Å². The van der Waals surface area contributed by atoms with E-state index in [1.54, 1.807) is 25.1 Å². The molecule has 0 aliphatic carbocycles. The van der Waals surface area contributed by atoms with Crippen molar-refractivity contribution in [2.45, 2.75) is 13.0 Å². The summed E-state index contributed by atoms with van der Waals surface area (Å²) in [4.78, 5) is 55.2. The highest BCUT2D eigenvalue weighted by molar-refractivity contribution is 7.17. The van der Waals surface area contributed by atoms with Crippen molar-refractivity contribution in [3.63, 3.8) is 0 Å². The zero-order chi connectivity index (χ0) is 27.6. The third kappa shape index (κ3) is 4.76. The van der Waals surface area contributed by atoms with Gasteiger partial charge >= 0.3 is 11.9 Å². The van der Waals surface area contributed by atoms with Gasteiger partial charge in [0.05, 0.1) is 29.3 Å². The minimum atomic E-state index is -1.19. The number of ketones is 1. The van der Waals surface area contributed by atoms with Crippen LogP contribution in [0.4, 0.5) is 10.8 Å². The van der Waals surface area contributed by atoms with Crippen LogP contribution in [-0.4, -0.2) is 46.4 Å². The van der Waals surface area contributed by atoms with Crippen molar-refractivity contribution in [2.24, 2.45) is 0 Å². The van der Waals surface area contributed by atoms with Gasteiger partial charge in [0.25, 0.3) is 11.5 Å². The molecular weight excluding hydrogens is 514 g/mol. The van der Waals surface area contributed by atoms with E-state index in [0.29, 0.717) is 11.3 Å². The first-order chi connectivity index (χ1) is 18.2. The Morgan fingerprint density at radius 1 is 1.26 bits per heavy atom. The van der Waals surface area contributed by atoms with Crippen LogP contribution in [0.25, 0.3) is 5.76 Å². The number of aryl methyl sites for hydroxylation is 1. The standard InChI is InChI=1S/C26H21N3O8S/c1-4-12-37-25(33)23-14(2)27-26(38-23)28-20(15-8-10-17(11-9-15)29(34)35)19(22(31)24(28)32)21(30)16-6-5-7-18(13-16)36-3/h4-11,13,20,30H,1,12H2,2-3H3/b21-19+. The first kappa shape index (κ1) is 26.2. The Hall–Kier alpha value is -4.84. The molecule has 11 nitrogen and oxygen atoms in total. The summed E-state index contributed by atoms with van der Waals surface area (Å²) in [5, 5.41) is 22.4. The molecule has 2 aromatic carbocycles. The molecule has 0 saturated carbocycles. The number of aliphatic hydroxyl groups is 1. The number of non-ortho nitro benzene ring substituents is 1. The van der Waals surface area contributed by atoms with Gasteiger partial charge in [-0.2, -0.15) is 0 Å². The van der Waals surface area contributed by atoms with Gasteiger partial charge in [-0.15, -0.1) is 0 Å². The Kier molecular flexibility index (Phi) is 7.35. The first-order valence-electron chi connectivity index (χ1n) is 11.1. The number of ether oxygens (including phenoxy) is 2. The van der Waals surface area contributed by atoms with E-state index in [-0.39, 0.29) is 39.1 Å². The minimum Gasteiger partial charge on any atom is -0.507 e. The number of carbonyl (C=O) groups excluding carboxylic acids is 3. The number of nitrogens with zero attached hydrogens (tertiary/aromatic N) is 3. The first-order valence-corrected chi connectivity index (χ1v) is 11.9. The molecule has 1 unspecified atom stereocenters. The van der Waals surface area contributed by atoms with Crippen LogP contribution in [0.15, 0.2) is 66.8 Å². The molecule has 1 aliphatic rings. The Balaban J connectivity index is 1.90. The second-order valence-corrected chi connectivity index (χ2v) is 9.03. The van der Waals surface area contributed by atoms with E-state index in [1.807, 2.05) is 0 Å². The molecule has 1 aliphatic heterocycles. The topological polar surface area (TPSA) is 149 Å². The van der Waals surface area contributed by atoms with E-state index in [0.717, 1.165) is 16.2 Å². The number of benzene rings is 2. The molecule has 38 heavy (non-hydrogen) atoms. The lowest BCUT2D eigenvalue weighted by Crippen LogP contribution is -2.29. The summed E-state index contributed by atoms with van der Waals surface area (Å²) in [5.74, 6) is -2.71. The van der Waals surface area contributed by atoms with E-state index < -0.39 is 34.4 Å². The summed E-state index contributed by atoms with van der Waals surface area (Å²) in [6, 6.07) is 10.3. The highest BCUT2D eigenvalue weighted by Gasteiger charge is 2.48. The number of nitro benzene ring substituents is 1. The number of hydrogen-bond donors (Lipinski definition) is 1. The highest BCUT2D eigenvalue weighted by Crippen LogP contribution is 2.44. The van der Waals surface area contributed by atoms with Crippen molar-refractivity contribution in [2.75, 3.05) is 18.6 Å². The number of Topliss-reactive ketones (excluding diaryl/α,β-unsaturated/α-hetero) is 1. The maximum absolute atomic E-state index is 13.3. The monoisotopic (exact) mass is 535 g/mol. The Bertz CT molecular complexity index is 1490. The fraction of sp³-hybridized carbons (Fsp3) is 0.154. The number of amides is 1. The quantitative estimate of drug-likeness (QED) is 0.0845. The smallest absolute Gasteiger partial charge is 0.350 e. The zero-order valence-corrected chi connectivity index (χ0v) is 21.1. The van der Waals surface area contributed by atoms with Gasteiger partial charge < -0.3 is 14.6 Å². The molecule has 2 heterocycles. The predicted molar refractivity (Wildman–Crippen MR) is 138 cm³/mol. The summed E-state index contributed by atoms with van der Waals surface area (Å²) in [5.41, 5.74) is 0.356. The van der Waals surface area contributed by atoms with E-state index in [4.69, 9.17) is 9.47 Å². The largest absolute Gasteiger partial charge is 0.507 e. The highest BCUT2D eigenvalue weighted by atomic mass is 32.1. The summed E-state index contributed by atoms with van der Waals surface area (Å²) < 4.78 is 10.3. The van der Waals surface area contributed by atoms with Crippen LogP contribution in [0.2, 0.25) is 0 Å². The molecule has 0 radical (unpaired) electrons. The number of aromatic nitrogens is 1. The average Bonchev–Trinajstić information content (AvgIpc) is 3.43. The van der Waals surface area contributed by atoms with Crippen LogP contribution in [0.5, 0.6) is 5.75 Å². The molecule has 1 fully saturated rings. The number of esters is 1. The molecule has 1 saturated heterocycles. The third-order valence-corrected chi connectivity index (χ3v) is 6.85. The average molecular weight is 536 g/mol. The summed E-state index contributed by atoms with van der Waals surface area (Å²) in [7, 11) is 1.44. The van der Waals surface area contributed by atoms with Crippen LogP contribution in [-0.2, 0) is 14.3 Å². The van der Waals surface area contributed by atoms with Crippen molar-refractivity contribution >= 4 is 45.6 Å². The van der Waals surface area contributed by atoms with Gasteiger partial charge in [-0.3, -0.25) is 24.6 Å². The second-order valence-electron chi connectivity index (χ2n) is 8.05. The Labute approximate surface area is 220 Å². The van der Waals surface area contributed by atoms with Crippen LogP contribution in [0.1, 0.15) is 32.5 Å². The Morgan fingerprint density at radius 3 is 2.61 bits per heavy atom. The number of anilines is 1. The van der Waals surface area contributed by atoms with Gasteiger partial charge in [-0.05, 0) is 36.8 Å². The van der Waals surface area contributed by atoms with Gasteiger partial charge in [0, 0.05) is 17.7 Å². The number of nitro groups is 1. The minimum absolute atomic E-state index is 0.0169. The SMILES string of the molecule is C=CCOC(=O)c1sc(N2C(=O)C(=O)/C(=C(/O)c3cccc(OC)c3)C2c2ccc([N+](=O)[O-])cc2)nc1C. The maximum Gasteiger partial charge on any atom is 0.350 e. The molecule has 4 rings (SSSR count). The van der Waals surface area contributed by atoms with Gasteiger partial charge in [-0.1, -0.05) is 36.1 Å². The number of rotatable bonds is 8. The van der Waals surface area contributed by atoms with Gasteiger partial charge in [-0.25, -0.2) is 9.78 Å². The third-order valence-electron chi connectivity index (χ3n) is 5.72. The summed E-state index contributed by atoms with van der Waals surface area (Å²) in [6.45, 7) is 5.02. The molecular formula is C26H21N3O8S. The van der Waals surface area contributed by atoms with Crippen LogP contribution >= 0.6 is 11.3 Å². The van der Waals surface area contributed by atoms with Gasteiger partial charge in [0.1, 0.15) is 23.0 Å². The van der Waals surface area contributed by atoms with Crippen LogP contribution < -0.4 is 9.64 Å². The predicted octanol–water partition coefficient (Wildman–Crippen LogP) is 4.34. The fourth-order valence-electron chi connectivity index (χ4n) is 3.92. The Morgan fingerprint density at radius 2 is 1.97 bits per heavy atom. The normalized spacial score (nSPS) is 16.4. The molecule has 1 amide bonds. The van der Waals surface area contributed by atoms with Crippen molar-refractivity contribution < 1.29 is 33.9 Å². The molecule has 3 aromatic rings. The van der Waals surface area contributed by atoms with E-state index in [2.05, 4.69) is 11.6 Å². The lowest BCUT2D eigenvalue weighted by atomic mass is 9.95. The lowest BCUT2D eigenvalue weighted by Gasteiger charge is -2.23. The number of methoxy groups -OCH3 is 1. The van der Waals surface area contributed by atoms with Crippen LogP contribution in [0, 0.1) is 17.0 Å². The molecule has 1 atom stereocenters. The number of hydrogen-bond acceptors (Lipinski definition) is 10. The van der Waals surface area contributed by atoms with Gasteiger partial charge in [0.2, 0.25) is 0 Å². The summed E-state index contributed by atoms with van der Waals surface area (Å²) >= 11 is 0.844. The van der Waals surface area contributed by atoms with Gasteiger partial charge in [0.15, 0.2) is 5.13 Å². The summed E-state index contributed by atoms with van der Waals surface area (Å²) in [6.07, 6.45) is 1.40. The van der Waals surface area contributed by atoms with E-state index in [9.17, 15) is 29.6 Å². The van der Waals surface area contributed by atoms with Crippen molar-refractivity contribution in [3.8, 4) is 5.75 Å². The maximum atomic E-state index is 13.3. The van der Waals surface area contributed by atoms with E-state index in [1.165, 1.54) is 43.5 Å². The number of thiazole rings is 1. The molecule has 12 heteroatoms. The molecule has 0 bridgehead atoms. The van der Waals surface area contributed by atoms with Crippen molar-refractivity contribution in [1.82, 2.24) is 4.98 Å². The molecule has 1 N–H and O–H groups in total. The van der Waals surface area contributed by atoms with Crippen LogP contribution in [0.3, 0.4) is 0 Å². The second kappa shape index (κ2) is 10.6.